The van der Waals surface area contributed by atoms with Gasteiger partial charge in [0.1, 0.15) is 12.7 Å². The molecule has 0 aromatic carbocycles. The third-order valence-electron chi connectivity index (χ3n) is 2.17. The molecule has 0 spiro atoms. The van der Waals surface area contributed by atoms with Crippen LogP contribution in [-0.2, 0) is 14.3 Å². The van der Waals surface area contributed by atoms with Gasteiger partial charge in [-0.1, -0.05) is 20.8 Å². The van der Waals surface area contributed by atoms with Gasteiger partial charge in [0.2, 0.25) is 0 Å². The maximum absolute atomic E-state index is 11.8. The van der Waals surface area contributed by atoms with Crippen molar-refractivity contribution < 1.29 is 14.3 Å². The largest absolute Gasteiger partial charge is 0.462 e. The Hall–Kier alpha value is -0.140. The topological polar surface area (TPSA) is 38.8 Å². The van der Waals surface area contributed by atoms with Crippen molar-refractivity contribution in [2.75, 3.05) is 13.2 Å². The minimum Gasteiger partial charge on any atom is -0.462 e. The van der Waals surface area contributed by atoms with E-state index in [0.717, 1.165) is 13.0 Å². The molecule has 4 heteroatoms. The van der Waals surface area contributed by atoms with Gasteiger partial charge in [0, 0.05) is 0 Å². The lowest BCUT2D eigenvalue weighted by Crippen LogP contribution is -2.35. The van der Waals surface area contributed by atoms with E-state index in [-0.39, 0.29) is 17.5 Å². The van der Waals surface area contributed by atoms with E-state index in [1.54, 1.807) is 0 Å². The van der Waals surface area contributed by atoms with Crippen LogP contribution in [0.2, 0.25) is 0 Å². The fourth-order valence-corrected chi connectivity index (χ4v) is 2.37. The Bertz CT molecular complexity index is 239. The predicted molar refractivity (Wildman–Crippen MR) is 62.9 cm³/mol. The predicted octanol–water partition coefficient (Wildman–Crippen LogP) is 2.00. The van der Waals surface area contributed by atoms with E-state index in [1.807, 2.05) is 6.92 Å². The van der Waals surface area contributed by atoms with Crippen molar-refractivity contribution >= 4 is 15.2 Å². The Morgan fingerprint density at radius 2 is 2.00 bits per heavy atom. The molecule has 0 bridgehead atoms. The summed E-state index contributed by atoms with van der Waals surface area (Å²) in [6, 6.07) is 0. The lowest BCUT2D eigenvalue weighted by Gasteiger charge is -2.30. The van der Waals surface area contributed by atoms with Gasteiger partial charge in [0.05, 0.1) is 11.8 Å². The number of hydrogen-bond donors (Lipinski definition) is 0. The Morgan fingerprint density at radius 3 is 2.40 bits per heavy atom. The third kappa shape index (κ3) is 4.94. The van der Waals surface area contributed by atoms with Crippen molar-refractivity contribution in [1.29, 1.82) is 0 Å². The molecule has 88 valence electrons. The van der Waals surface area contributed by atoms with Crippen LogP contribution in [0.15, 0.2) is 0 Å². The van der Waals surface area contributed by atoms with Crippen LogP contribution in [0.3, 0.4) is 0 Å². The van der Waals surface area contributed by atoms with Crippen molar-refractivity contribution in [3.8, 4) is 0 Å². The summed E-state index contributed by atoms with van der Waals surface area (Å²) in [6.07, 6.45) is 0.930. The molecule has 3 nitrogen and oxygen atoms in total. The average molecular weight is 232 g/mol. The summed E-state index contributed by atoms with van der Waals surface area (Å²) < 4.78 is 10.2. The van der Waals surface area contributed by atoms with Crippen LogP contribution >= 0.6 is 9.24 Å². The molecular weight excluding hydrogens is 211 g/mol. The van der Waals surface area contributed by atoms with Crippen molar-refractivity contribution in [2.24, 2.45) is 5.41 Å². The van der Waals surface area contributed by atoms with Crippen LogP contribution in [0, 0.1) is 5.41 Å². The molecular formula is C11H21O3P. The van der Waals surface area contributed by atoms with E-state index < -0.39 is 5.16 Å². The first-order valence-electron chi connectivity index (χ1n) is 5.28. The Kier molecular flexibility index (Phi) is 3.78. The van der Waals surface area contributed by atoms with Crippen LogP contribution < -0.4 is 0 Å². The summed E-state index contributed by atoms with van der Waals surface area (Å²) in [5.41, 5.74) is 0.117. The molecule has 1 heterocycles. The van der Waals surface area contributed by atoms with Crippen LogP contribution in [0.5, 0.6) is 0 Å². The molecule has 0 radical (unpaired) electrons. The highest BCUT2D eigenvalue weighted by Crippen LogP contribution is 2.34. The average Bonchev–Trinajstić information content (AvgIpc) is 2.77. The highest BCUT2D eigenvalue weighted by atomic mass is 31.0. The van der Waals surface area contributed by atoms with Crippen molar-refractivity contribution in [3.05, 3.63) is 0 Å². The van der Waals surface area contributed by atoms with Gasteiger partial charge in [-0.3, -0.25) is 4.79 Å². The zero-order valence-corrected chi connectivity index (χ0v) is 11.2. The lowest BCUT2D eigenvalue weighted by molar-refractivity contribution is -0.147. The van der Waals surface area contributed by atoms with Crippen LogP contribution in [0.1, 0.15) is 34.1 Å². The van der Waals surface area contributed by atoms with Gasteiger partial charge < -0.3 is 9.47 Å². The fraction of sp³-hybridized carbons (Fsp3) is 0.909. The minimum absolute atomic E-state index is 0.117. The van der Waals surface area contributed by atoms with Gasteiger partial charge in [-0.2, -0.15) is 0 Å². The van der Waals surface area contributed by atoms with E-state index in [2.05, 4.69) is 30.0 Å². The first-order chi connectivity index (χ1) is 6.71. The summed E-state index contributed by atoms with van der Waals surface area (Å²) in [5, 5.41) is -0.493. The summed E-state index contributed by atoms with van der Waals surface area (Å²) in [5.74, 6) is -0.155. The molecule has 0 aromatic rings. The Morgan fingerprint density at radius 1 is 1.47 bits per heavy atom. The van der Waals surface area contributed by atoms with Crippen LogP contribution in [-0.4, -0.2) is 30.4 Å². The van der Waals surface area contributed by atoms with Crippen LogP contribution in [0.4, 0.5) is 0 Å². The molecule has 1 saturated heterocycles. The van der Waals surface area contributed by atoms with E-state index in [4.69, 9.17) is 9.47 Å². The smallest absolute Gasteiger partial charge is 0.315 e. The fourth-order valence-electron chi connectivity index (χ4n) is 1.67. The van der Waals surface area contributed by atoms with Crippen molar-refractivity contribution in [2.45, 2.75) is 45.4 Å². The van der Waals surface area contributed by atoms with Crippen molar-refractivity contribution in [1.82, 2.24) is 0 Å². The minimum atomic E-state index is -0.493. The first-order valence-corrected chi connectivity index (χ1v) is 5.86. The summed E-state index contributed by atoms with van der Waals surface area (Å²) in [6.45, 7) is 9.37. The molecule has 1 aliphatic rings. The molecule has 0 saturated carbocycles. The van der Waals surface area contributed by atoms with E-state index >= 15 is 0 Å². The number of epoxide rings is 1. The SMILES string of the molecule is CC(C)(C)CC(C)(P)C(=O)OCC1CO1. The molecule has 0 aliphatic carbocycles. The highest BCUT2D eigenvalue weighted by molar-refractivity contribution is 7.20. The molecule has 0 N–H and O–H groups in total. The normalized spacial score (nSPS) is 24.5. The maximum Gasteiger partial charge on any atom is 0.315 e. The number of carbonyl (C=O) groups excluding carboxylic acids is 1. The second kappa shape index (κ2) is 4.39. The highest BCUT2D eigenvalue weighted by Gasteiger charge is 2.35. The molecule has 1 fully saturated rings. The number of hydrogen-bond acceptors (Lipinski definition) is 3. The van der Waals surface area contributed by atoms with Gasteiger partial charge in [0.15, 0.2) is 0 Å². The molecule has 3 atom stereocenters. The van der Waals surface area contributed by atoms with E-state index in [1.165, 1.54) is 0 Å². The molecule has 3 unspecified atom stereocenters. The Labute approximate surface area is 94.1 Å². The zero-order chi connectivity index (χ0) is 11.7. The first kappa shape index (κ1) is 12.9. The third-order valence-corrected chi connectivity index (χ3v) is 2.61. The van der Waals surface area contributed by atoms with Gasteiger partial charge in [-0.05, 0) is 18.8 Å². The number of carbonyl (C=O) groups is 1. The zero-order valence-electron chi connectivity index (χ0n) is 10.0. The molecule has 1 aliphatic heterocycles. The lowest BCUT2D eigenvalue weighted by atomic mass is 9.85. The maximum atomic E-state index is 11.8. The number of ether oxygens (including phenoxy) is 2. The molecule has 15 heavy (non-hydrogen) atoms. The van der Waals surface area contributed by atoms with E-state index in [0.29, 0.717) is 6.61 Å². The molecule has 1 rings (SSSR count). The van der Waals surface area contributed by atoms with Gasteiger partial charge >= 0.3 is 5.97 Å². The van der Waals surface area contributed by atoms with Gasteiger partial charge in [0.25, 0.3) is 0 Å². The summed E-state index contributed by atoms with van der Waals surface area (Å²) in [7, 11) is 2.61. The van der Waals surface area contributed by atoms with Gasteiger partial charge in [-0.15, -0.1) is 9.24 Å². The summed E-state index contributed by atoms with van der Waals surface area (Å²) in [4.78, 5) is 11.8. The van der Waals surface area contributed by atoms with E-state index in [9.17, 15) is 4.79 Å². The second-order valence-corrected chi connectivity index (χ2v) is 6.98. The monoisotopic (exact) mass is 232 g/mol. The van der Waals surface area contributed by atoms with Crippen molar-refractivity contribution in [3.63, 3.8) is 0 Å². The quantitative estimate of drug-likeness (QED) is 0.423. The van der Waals surface area contributed by atoms with Gasteiger partial charge in [-0.25, -0.2) is 0 Å². The Balaban J connectivity index is 2.39. The molecule has 0 amide bonds. The standard InChI is InChI=1S/C11H21O3P/c1-10(2,3)7-11(4,15)9(12)14-6-8-5-13-8/h8H,5-7,15H2,1-4H3. The molecule has 0 aromatic heterocycles. The number of esters is 1. The second-order valence-electron chi connectivity index (χ2n) is 5.71. The number of rotatable bonds is 4. The summed E-state index contributed by atoms with van der Waals surface area (Å²) >= 11 is 0. The van der Waals surface area contributed by atoms with Crippen LogP contribution in [0.25, 0.3) is 0 Å².